The Morgan fingerprint density at radius 1 is 0.359 bits per heavy atom. The summed E-state index contributed by atoms with van der Waals surface area (Å²) in [6.45, 7) is 0. The van der Waals surface area contributed by atoms with E-state index in [1.54, 1.807) is 0 Å². The van der Waals surface area contributed by atoms with Crippen LogP contribution in [0.1, 0.15) is 105 Å². The van der Waals surface area contributed by atoms with Gasteiger partial charge in [-0.05, 0) is 35.1 Å². The van der Waals surface area contributed by atoms with E-state index in [-0.39, 0.29) is 12.1 Å². The smallest absolute Gasteiger partial charge is 0.0612 e. The molecule has 4 aromatic carbocycles. The Kier molecular flexibility index (Phi) is 10.4. The Hall–Kier alpha value is -3.16. The summed E-state index contributed by atoms with van der Waals surface area (Å²) in [5.74, 6) is 0. The summed E-state index contributed by atoms with van der Waals surface area (Å²) in [5, 5.41) is 0. The van der Waals surface area contributed by atoms with Gasteiger partial charge < -0.3 is 0 Å². The van der Waals surface area contributed by atoms with Crippen LogP contribution < -0.4 is 0 Å². The molecule has 0 spiro atoms. The number of rotatable bonds is 7. The fraction of sp³-hybridized carbons (Fsp3) is 0.368. The summed E-state index contributed by atoms with van der Waals surface area (Å²) in [5.41, 5.74) is 5.52. The van der Waals surface area contributed by atoms with Crippen molar-refractivity contribution in [2.24, 2.45) is 0 Å². The minimum atomic E-state index is 0.177. The Morgan fingerprint density at radius 3 is 0.897 bits per heavy atom. The fourth-order valence-electron chi connectivity index (χ4n) is 6.63. The maximum absolute atomic E-state index is 2.92. The third-order valence-corrected chi connectivity index (χ3v) is 8.55. The van der Waals surface area contributed by atoms with Gasteiger partial charge >= 0.3 is 0 Å². The van der Waals surface area contributed by atoms with Crippen LogP contribution in [0.4, 0.5) is 0 Å². The molecule has 1 aliphatic rings. The first-order valence-corrected chi connectivity index (χ1v) is 15.4. The van der Waals surface area contributed by atoms with E-state index in [1.165, 1.54) is 92.9 Å². The average molecular weight is 516 g/mol. The topological polar surface area (TPSA) is 3.24 Å². The number of hydrogen-bond donors (Lipinski definition) is 0. The Bertz CT molecular complexity index is 1010. The molecular formula is C38H45N. The highest BCUT2D eigenvalue weighted by Gasteiger charge is 2.36. The molecule has 0 radical (unpaired) electrons. The monoisotopic (exact) mass is 515 g/mol. The molecule has 39 heavy (non-hydrogen) atoms. The summed E-state index contributed by atoms with van der Waals surface area (Å²) < 4.78 is 0. The predicted molar refractivity (Wildman–Crippen MR) is 166 cm³/mol. The number of benzene rings is 4. The molecule has 1 nitrogen and oxygen atoms in total. The molecule has 0 saturated heterocycles. The van der Waals surface area contributed by atoms with Crippen molar-refractivity contribution in [1.29, 1.82) is 0 Å². The highest BCUT2D eigenvalue weighted by Crippen LogP contribution is 2.43. The van der Waals surface area contributed by atoms with Crippen LogP contribution in [0.25, 0.3) is 0 Å². The van der Waals surface area contributed by atoms with Gasteiger partial charge in [-0.15, -0.1) is 0 Å². The van der Waals surface area contributed by atoms with Crippen LogP contribution in [0, 0.1) is 0 Å². The second kappa shape index (κ2) is 14.8. The molecule has 1 heteroatoms. The zero-order valence-electron chi connectivity index (χ0n) is 23.5. The van der Waals surface area contributed by atoms with Gasteiger partial charge in [0.05, 0.1) is 12.1 Å². The molecule has 0 N–H and O–H groups in total. The highest BCUT2D eigenvalue weighted by molar-refractivity contribution is 5.37. The molecule has 202 valence electrons. The molecule has 0 aromatic heterocycles. The molecule has 0 bridgehead atoms. The lowest BCUT2D eigenvalue weighted by molar-refractivity contribution is 0.0977. The van der Waals surface area contributed by atoms with Gasteiger partial charge in [0, 0.05) is 6.04 Å². The molecule has 1 aliphatic carbocycles. The van der Waals surface area contributed by atoms with Crippen LogP contribution >= 0.6 is 0 Å². The van der Waals surface area contributed by atoms with Crippen molar-refractivity contribution in [3.63, 3.8) is 0 Å². The van der Waals surface area contributed by atoms with Crippen LogP contribution in [0.15, 0.2) is 121 Å². The van der Waals surface area contributed by atoms with E-state index in [2.05, 4.69) is 126 Å². The summed E-state index contributed by atoms with van der Waals surface area (Å²) in [7, 11) is 0. The van der Waals surface area contributed by atoms with Gasteiger partial charge in [0.1, 0.15) is 0 Å². The van der Waals surface area contributed by atoms with Gasteiger partial charge in [-0.2, -0.15) is 0 Å². The van der Waals surface area contributed by atoms with Gasteiger partial charge in [-0.3, -0.25) is 4.90 Å². The summed E-state index contributed by atoms with van der Waals surface area (Å²) in [4.78, 5) is 2.92. The van der Waals surface area contributed by atoms with E-state index in [0.29, 0.717) is 6.04 Å². The van der Waals surface area contributed by atoms with E-state index in [0.717, 1.165) is 0 Å². The first kappa shape index (κ1) is 27.4. The molecular weight excluding hydrogens is 470 g/mol. The predicted octanol–water partition coefficient (Wildman–Crippen LogP) is 10.5. The van der Waals surface area contributed by atoms with Crippen molar-refractivity contribution in [3.8, 4) is 0 Å². The number of nitrogens with zero attached hydrogens (tertiary/aromatic N) is 1. The lowest BCUT2D eigenvalue weighted by Gasteiger charge is -2.45. The zero-order valence-corrected chi connectivity index (χ0v) is 23.5. The standard InChI is InChI=1S/C38H45N/c1-2-4-6-20-30-36(31-21-7-5-3-1)39(37(32-22-12-8-13-23-32)33-24-14-9-15-25-33)38(34-26-16-10-17-27-34)35-28-18-11-19-29-35/h8-19,22-29,36-38H,1-7,20-21,30-31H2. The molecule has 0 aliphatic heterocycles. The summed E-state index contributed by atoms with van der Waals surface area (Å²) >= 11 is 0. The van der Waals surface area contributed by atoms with E-state index in [4.69, 9.17) is 0 Å². The number of hydrogen-bond acceptors (Lipinski definition) is 1. The van der Waals surface area contributed by atoms with E-state index in [1.807, 2.05) is 0 Å². The van der Waals surface area contributed by atoms with Gasteiger partial charge in [0.2, 0.25) is 0 Å². The van der Waals surface area contributed by atoms with Crippen molar-refractivity contribution >= 4 is 0 Å². The van der Waals surface area contributed by atoms with Crippen LogP contribution in [-0.2, 0) is 0 Å². The summed E-state index contributed by atoms with van der Waals surface area (Å²) in [6.07, 6.45) is 14.8. The first-order valence-electron chi connectivity index (χ1n) is 15.4. The SMILES string of the molecule is c1ccc(C(c2ccccc2)N(C2CCCCCCCCCCC2)C(c2ccccc2)c2ccccc2)cc1. The van der Waals surface area contributed by atoms with Crippen molar-refractivity contribution in [1.82, 2.24) is 4.90 Å². The van der Waals surface area contributed by atoms with E-state index >= 15 is 0 Å². The largest absolute Gasteiger partial charge is 0.278 e. The second-order valence-corrected chi connectivity index (χ2v) is 11.3. The molecule has 0 amide bonds. The summed E-state index contributed by atoms with van der Waals surface area (Å²) in [6, 6.07) is 45.9. The lowest BCUT2D eigenvalue weighted by Crippen LogP contribution is -2.42. The van der Waals surface area contributed by atoms with Crippen molar-refractivity contribution in [2.45, 2.75) is 88.8 Å². The molecule has 0 atom stereocenters. The Balaban J connectivity index is 1.67. The van der Waals surface area contributed by atoms with Crippen molar-refractivity contribution in [3.05, 3.63) is 144 Å². The third-order valence-electron chi connectivity index (χ3n) is 8.55. The molecule has 0 unspecified atom stereocenters. The van der Waals surface area contributed by atoms with Crippen molar-refractivity contribution in [2.75, 3.05) is 0 Å². The Morgan fingerprint density at radius 2 is 0.615 bits per heavy atom. The van der Waals surface area contributed by atoms with E-state index < -0.39 is 0 Å². The van der Waals surface area contributed by atoms with Crippen LogP contribution in [-0.4, -0.2) is 10.9 Å². The fourth-order valence-corrected chi connectivity index (χ4v) is 6.63. The average Bonchev–Trinajstić information content (AvgIpc) is 2.99. The quantitative estimate of drug-likeness (QED) is 0.237. The van der Waals surface area contributed by atoms with Gasteiger partial charge in [0.15, 0.2) is 0 Å². The van der Waals surface area contributed by atoms with Crippen LogP contribution in [0.2, 0.25) is 0 Å². The third kappa shape index (κ3) is 7.49. The zero-order chi connectivity index (χ0) is 26.5. The highest BCUT2D eigenvalue weighted by atomic mass is 15.2. The lowest BCUT2D eigenvalue weighted by atomic mass is 9.86. The van der Waals surface area contributed by atoms with Crippen LogP contribution in [0.3, 0.4) is 0 Å². The molecule has 1 fully saturated rings. The Labute approximate surface area is 236 Å². The maximum Gasteiger partial charge on any atom is 0.0612 e. The van der Waals surface area contributed by atoms with Gasteiger partial charge in [-0.1, -0.05) is 179 Å². The molecule has 1 saturated carbocycles. The van der Waals surface area contributed by atoms with Crippen molar-refractivity contribution < 1.29 is 0 Å². The van der Waals surface area contributed by atoms with Gasteiger partial charge in [-0.25, -0.2) is 0 Å². The van der Waals surface area contributed by atoms with Gasteiger partial charge in [0.25, 0.3) is 0 Å². The molecule has 0 heterocycles. The molecule has 4 aromatic rings. The van der Waals surface area contributed by atoms with E-state index in [9.17, 15) is 0 Å². The normalized spacial score (nSPS) is 16.2. The van der Waals surface area contributed by atoms with Crippen LogP contribution in [0.5, 0.6) is 0 Å². The first-order chi connectivity index (χ1) is 19.4. The minimum Gasteiger partial charge on any atom is -0.278 e. The maximum atomic E-state index is 2.92. The second-order valence-electron chi connectivity index (χ2n) is 11.3. The minimum absolute atomic E-state index is 0.177. The molecule has 5 rings (SSSR count).